The van der Waals surface area contributed by atoms with Crippen LogP contribution in [0.3, 0.4) is 0 Å². The topological polar surface area (TPSA) is 106 Å². The van der Waals surface area contributed by atoms with Crippen molar-refractivity contribution in [3.63, 3.8) is 0 Å². The summed E-state index contributed by atoms with van der Waals surface area (Å²) in [4.78, 5) is 44.7. The van der Waals surface area contributed by atoms with Crippen LogP contribution >= 0.6 is 11.6 Å². The molecule has 0 saturated heterocycles. The van der Waals surface area contributed by atoms with Crippen LogP contribution in [0.1, 0.15) is 35.2 Å². The minimum absolute atomic E-state index is 0.0490. The lowest BCUT2D eigenvalue weighted by Gasteiger charge is -2.25. The van der Waals surface area contributed by atoms with Gasteiger partial charge in [-0.15, -0.1) is 0 Å². The average Bonchev–Trinajstić information content (AvgIpc) is 3.43. The van der Waals surface area contributed by atoms with E-state index < -0.39 is 0 Å². The van der Waals surface area contributed by atoms with Crippen LogP contribution < -0.4 is 15.4 Å². The molecular formula is C28H32ClN5O4. The Morgan fingerprint density at radius 2 is 1.97 bits per heavy atom. The van der Waals surface area contributed by atoms with E-state index in [4.69, 9.17) is 16.3 Å². The van der Waals surface area contributed by atoms with Crippen LogP contribution in [0, 0.1) is 0 Å². The fourth-order valence-corrected chi connectivity index (χ4v) is 4.48. The van der Waals surface area contributed by atoms with Gasteiger partial charge in [0, 0.05) is 43.5 Å². The maximum absolute atomic E-state index is 13.2. The molecule has 0 unspecified atom stereocenters. The first kappa shape index (κ1) is 27.2. The highest BCUT2D eigenvalue weighted by molar-refractivity contribution is 6.31. The van der Waals surface area contributed by atoms with Crippen molar-refractivity contribution in [2.45, 2.75) is 38.3 Å². The molecule has 2 heterocycles. The second kappa shape index (κ2) is 13.6. The van der Waals surface area contributed by atoms with Crippen molar-refractivity contribution in [3.05, 3.63) is 83.4 Å². The number of benzene rings is 2. The highest BCUT2D eigenvalue weighted by Gasteiger charge is 2.22. The normalized spacial score (nSPS) is 17.3. The fraction of sp³-hybridized carbons (Fsp3) is 0.357. The van der Waals surface area contributed by atoms with E-state index >= 15 is 0 Å². The van der Waals surface area contributed by atoms with E-state index in [1.807, 2.05) is 34.9 Å². The van der Waals surface area contributed by atoms with Gasteiger partial charge in [-0.1, -0.05) is 41.9 Å². The maximum Gasteiger partial charge on any atom is 0.255 e. The first-order chi connectivity index (χ1) is 18.5. The Balaban J connectivity index is 1.51. The highest BCUT2D eigenvalue weighted by Crippen LogP contribution is 2.23. The van der Waals surface area contributed by atoms with Gasteiger partial charge in [0.1, 0.15) is 12.4 Å². The molecule has 0 saturated carbocycles. The Bertz CT molecular complexity index is 1220. The summed E-state index contributed by atoms with van der Waals surface area (Å²) >= 11 is 6.16. The van der Waals surface area contributed by atoms with Gasteiger partial charge in [0.05, 0.1) is 24.5 Å². The Morgan fingerprint density at radius 1 is 1.13 bits per heavy atom. The van der Waals surface area contributed by atoms with Crippen molar-refractivity contribution >= 4 is 29.3 Å². The Kier molecular flexibility index (Phi) is 9.75. The van der Waals surface area contributed by atoms with Crippen molar-refractivity contribution in [2.75, 3.05) is 26.2 Å². The number of nitrogens with one attached hydrogen (secondary N) is 2. The summed E-state index contributed by atoms with van der Waals surface area (Å²) in [7, 11) is 0. The number of fused-ring (bicyclic) bond motifs is 1. The minimum atomic E-state index is -0.385. The summed E-state index contributed by atoms with van der Waals surface area (Å²) in [5.41, 5.74) is 1.37. The molecule has 1 aliphatic heterocycles. The van der Waals surface area contributed by atoms with Gasteiger partial charge in [-0.2, -0.15) is 0 Å². The largest absolute Gasteiger partial charge is 0.491 e. The van der Waals surface area contributed by atoms with Crippen molar-refractivity contribution in [1.82, 2.24) is 25.1 Å². The third kappa shape index (κ3) is 8.08. The molecule has 0 radical (unpaired) electrons. The molecule has 1 atom stereocenters. The third-order valence-electron chi connectivity index (χ3n) is 6.29. The van der Waals surface area contributed by atoms with Crippen LogP contribution in [0.4, 0.5) is 0 Å². The number of imidazole rings is 1. The molecule has 2 N–H and O–H groups in total. The summed E-state index contributed by atoms with van der Waals surface area (Å²) in [5, 5.41) is 6.38. The lowest BCUT2D eigenvalue weighted by atomic mass is 10.1. The number of ether oxygens (including phenoxy) is 1. The number of aryl methyl sites for hydroxylation is 1. The standard InChI is InChI=1S/C28H32ClN5O4/c29-22-8-9-25-24(17-22)28(37)31-11-4-5-13-34(27(36)10-14-33-15-12-30-20-33)18-26(35)32-23(19-38-25)16-21-6-2-1-3-7-21/h1-3,6-9,12,15,17,20,23H,4-5,10-11,13-14,16,18-19H2,(H,31,37)(H,32,35)/t23-/m1/s1. The molecule has 1 aromatic heterocycles. The van der Waals surface area contributed by atoms with Gasteiger partial charge in [0.25, 0.3) is 5.91 Å². The fourth-order valence-electron chi connectivity index (χ4n) is 4.31. The van der Waals surface area contributed by atoms with Crippen LogP contribution in [-0.4, -0.2) is 64.5 Å². The molecule has 0 fully saturated rings. The number of carbonyl (C=O) groups excluding carboxylic acids is 3. The Labute approximate surface area is 227 Å². The first-order valence-corrected chi connectivity index (χ1v) is 13.1. The van der Waals surface area contributed by atoms with Crippen molar-refractivity contribution in [3.8, 4) is 5.75 Å². The lowest BCUT2D eigenvalue weighted by molar-refractivity contribution is -0.136. The van der Waals surface area contributed by atoms with E-state index in [1.54, 1.807) is 41.8 Å². The minimum Gasteiger partial charge on any atom is -0.491 e. The van der Waals surface area contributed by atoms with E-state index in [0.717, 1.165) is 5.56 Å². The Morgan fingerprint density at radius 3 is 2.76 bits per heavy atom. The molecular weight excluding hydrogens is 506 g/mol. The van der Waals surface area contributed by atoms with Crippen LogP contribution in [-0.2, 0) is 22.6 Å². The quantitative estimate of drug-likeness (QED) is 0.520. The van der Waals surface area contributed by atoms with Gasteiger partial charge < -0.3 is 24.8 Å². The summed E-state index contributed by atoms with van der Waals surface area (Å²) < 4.78 is 7.88. The molecule has 200 valence electrons. The molecule has 4 rings (SSSR count). The zero-order chi connectivity index (χ0) is 26.7. The molecule has 1 aliphatic rings. The predicted octanol–water partition coefficient (Wildman–Crippen LogP) is 3.09. The third-order valence-corrected chi connectivity index (χ3v) is 6.52. The second-order valence-electron chi connectivity index (χ2n) is 9.23. The number of nitrogens with zero attached hydrogens (tertiary/aromatic N) is 3. The van der Waals surface area contributed by atoms with E-state index in [1.165, 1.54) is 0 Å². The maximum atomic E-state index is 13.2. The number of rotatable bonds is 5. The Hall–Kier alpha value is -3.85. The molecule has 0 aliphatic carbocycles. The molecule has 3 aromatic rings. The van der Waals surface area contributed by atoms with E-state index in [2.05, 4.69) is 15.6 Å². The zero-order valence-electron chi connectivity index (χ0n) is 21.1. The van der Waals surface area contributed by atoms with Gasteiger partial charge in [0.2, 0.25) is 11.8 Å². The molecule has 3 amide bonds. The number of halogens is 1. The smallest absolute Gasteiger partial charge is 0.255 e. The zero-order valence-corrected chi connectivity index (χ0v) is 21.9. The summed E-state index contributed by atoms with van der Waals surface area (Å²) in [5.74, 6) is -0.259. The van der Waals surface area contributed by atoms with Crippen LogP contribution in [0.15, 0.2) is 67.3 Å². The van der Waals surface area contributed by atoms with E-state index in [0.29, 0.717) is 55.2 Å². The van der Waals surface area contributed by atoms with Gasteiger partial charge in [-0.3, -0.25) is 14.4 Å². The monoisotopic (exact) mass is 537 g/mol. The summed E-state index contributed by atoms with van der Waals surface area (Å²) in [6.07, 6.45) is 7.19. The molecule has 0 spiro atoms. The van der Waals surface area contributed by atoms with Gasteiger partial charge in [-0.05, 0) is 43.0 Å². The van der Waals surface area contributed by atoms with Crippen molar-refractivity contribution < 1.29 is 19.1 Å². The highest BCUT2D eigenvalue weighted by atomic mass is 35.5. The molecule has 38 heavy (non-hydrogen) atoms. The number of hydrogen-bond donors (Lipinski definition) is 2. The molecule has 10 heteroatoms. The number of carbonyl (C=O) groups is 3. The number of amides is 3. The van der Waals surface area contributed by atoms with Crippen LogP contribution in [0.25, 0.3) is 0 Å². The van der Waals surface area contributed by atoms with Crippen molar-refractivity contribution in [2.24, 2.45) is 0 Å². The summed E-state index contributed by atoms with van der Waals surface area (Å²) in [6, 6.07) is 14.3. The van der Waals surface area contributed by atoms with Crippen LogP contribution in [0.5, 0.6) is 5.75 Å². The average molecular weight is 538 g/mol. The van der Waals surface area contributed by atoms with E-state index in [-0.39, 0.29) is 43.3 Å². The lowest BCUT2D eigenvalue weighted by Crippen LogP contribution is -2.47. The first-order valence-electron chi connectivity index (χ1n) is 12.8. The molecule has 9 nitrogen and oxygen atoms in total. The van der Waals surface area contributed by atoms with Crippen molar-refractivity contribution in [1.29, 1.82) is 0 Å². The van der Waals surface area contributed by atoms with E-state index in [9.17, 15) is 14.4 Å². The predicted molar refractivity (Wildman–Crippen MR) is 144 cm³/mol. The SMILES string of the molecule is O=C1CN(C(=O)CCn2ccnc2)CCCCNC(=O)c2cc(Cl)ccc2OC[C@@H](Cc2ccccc2)N1. The van der Waals surface area contributed by atoms with Crippen LogP contribution in [0.2, 0.25) is 5.02 Å². The van der Waals surface area contributed by atoms with Gasteiger partial charge in [0.15, 0.2) is 0 Å². The van der Waals surface area contributed by atoms with Gasteiger partial charge >= 0.3 is 0 Å². The number of hydrogen-bond acceptors (Lipinski definition) is 5. The molecule has 2 aromatic carbocycles. The second-order valence-corrected chi connectivity index (χ2v) is 9.67. The number of aromatic nitrogens is 2. The van der Waals surface area contributed by atoms with Gasteiger partial charge in [-0.25, -0.2) is 4.98 Å². The molecule has 0 bridgehead atoms. The summed E-state index contributed by atoms with van der Waals surface area (Å²) in [6.45, 7) is 1.40.